The van der Waals surface area contributed by atoms with Gasteiger partial charge in [-0.3, -0.25) is 15.2 Å². The van der Waals surface area contributed by atoms with Crippen LogP contribution in [0.25, 0.3) is 22.5 Å². The largest absolute Gasteiger partial charge is 0.497 e. The molecule has 0 aliphatic heterocycles. The SMILES string of the molecule is COC(=O)Nc1cccc2c1C(=O)c1c-2n[nH]c1-c1ccc(OC)cc1. The Morgan fingerprint density at radius 3 is 2.54 bits per heavy atom. The third-order valence-corrected chi connectivity index (χ3v) is 4.34. The van der Waals surface area contributed by atoms with Gasteiger partial charge < -0.3 is 9.47 Å². The molecule has 7 heteroatoms. The minimum Gasteiger partial charge on any atom is -0.497 e. The van der Waals surface area contributed by atoms with Gasteiger partial charge in [0.15, 0.2) is 5.78 Å². The number of nitrogens with zero attached hydrogens (tertiary/aromatic N) is 1. The number of aromatic nitrogens is 2. The highest BCUT2D eigenvalue weighted by atomic mass is 16.5. The van der Waals surface area contributed by atoms with Crippen molar-refractivity contribution in [3.63, 3.8) is 0 Å². The van der Waals surface area contributed by atoms with Crippen LogP contribution < -0.4 is 10.1 Å². The number of carbonyl (C=O) groups excluding carboxylic acids is 2. The number of hydrogen-bond acceptors (Lipinski definition) is 5. The van der Waals surface area contributed by atoms with Crippen molar-refractivity contribution in [2.45, 2.75) is 0 Å². The summed E-state index contributed by atoms with van der Waals surface area (Å²) in [6.45, 7) is 0. The topological polar surface area (TPSA) is 93.3 Å². The van der Waals surface area contributed by atoms with Crippen molar-refractivity contribution in [1.82, 2.24) is 10.2 Å². The van der Waals surface area contributed by atoms with Crippen LogP contribution in [0.3, 0.4) is 0 Å². The fourth-order valence-electron chi connectivity index (χ4n) is 3.11. The lowest BCUT2D eigenvalue weighted by Gasteiger charge is -2.08. The van der Waals surface area contributed by atoms with Crippen molar-refractivity contribution < 1.29 is 19.1 Å². The quantitative estimate of drug-likeness (QED) is 0.591. The molecule has 7 nitrogen and oxygen atoms in total. The van der Waals surface area contributed by atoms with Gasteiger partial charge in [-0.1, -0.05) is 12.1 Å². The highest BCUT2D eigenvalue weighted by Gasteiger charge is 2.35. The van der Waals surface area contributed by atoms with Gasteiger partial charge in [0.25, 0.3) is 0 Å². The second-order valence-corrected chi connectivity index (χ2v) is 5.72. The average Bonchev–Trinajstić information content (AvgIpc) is 3.22. The van der Waals surface area contributed by atoms with Gasteiger partial charge in [0.1, 0.15) is 11.4 Å². The molecule has 1 heterocycles. The zero-order valence-corrected chi connectivity index (χ0v) is 14.1. The molecule has 2 N–H and O–H groups in total. The lowest BCUT2D eigenvalue weighted by molar-refractivity contribution is 0.104. The van der Waals surface area contributed by atoms with E-state index in [4.69, 9.17) is 4.74 Å². The van der Waals surface area contributed by atoms with Crippen LogP contribution in [0.2, 0.25) is 0 Å². The van der Waals surface area contributed by atoms with Gasteiger partial charge in [0.2, 0.25) is 0 Å². The highest BCUT2D eigenvalue weighted by molar-refractivity contribution is 6.26. The molecule has 0 bridgehead atoms. The standard InChI is InChI=1S/C19H15N3O4/c1-25-11-8-6-10(7-9-11)16-15-17(22-21-16)12-4-3-5-13(14(12)18(15)23)20-19(24)26-2/h3-9H,1-2H3,(H,20,24)(H,21,22). The number of aromatic amines is 1. The maximum Gasteiger partial charge on any atom is 0.411 e. The molecule has 0 radical (unpaired) electrons. The van der Waals surface area contributed by atoms with Crippen LogP contribution in [0.1, 0.15) is 15.9 Å². The third-order valence-electron chi connectivity index (χ3n) is 4.34. The molecule has 1 aliphatic rings. The molecule has 0 unspecified atom stereocenters. The zero-order valence-electron chi connectivity index (χ0n) is 14.1. The molecule has 0 saturated heterocycles. The first-order valence-electron chi connectivity index (χ1n) is 7.90. The van der Waals surface area contributed by atoms with E-state index >= 15 is 0 Å². The van der Waals surface area contributed by atoms with Gasteiger partial charge in [0, 0.05) is 11.1 Å². The second kappa shape index (κ2) is 6.03. The highest BCUT2D eigenvalue weighted by Crippen LogP contribution is 2.43. The Morgan fingerprint density at radius 2 is 1.85 bits per heavy atom. The summed E-state index contributed by atoms with van der Waals surface area (Å²) in [6, 6.07) is 12.6. The molecular weight excluding hydrogens is 334 g/mol. The Morgan fingerprint density at radius 1 is 1.08 bits per heavy atom. The molecule has 0 fully saturated rings. The van der Waals surface area contributed by atoms with Crippen molar-refractivity contribution >= 4 is 17.6 Å². The molecule has 1 amide bonds. The summed E-state index contributed by atoms with van der Waals surface area (Å²) in [7, 11) is 2.87. The van der Waals surface area contributed by atoms with E-state index in [0.29, 0.717) is 33.8 Å². The number of anilines is 1. The summed E-state index contributed by atoms with van der Waals surface area (Å²) in [6.07, 6.45) is -0.632. The number of benzene rings is 2. The number of hydrogen-bond donors (Lipinski definition) is 2. The monoisotopic (exact) mass is 349 g/mol. The van der Waals surface area contributed by atoms with Gasteiger partial charge >= 0.3 is 6.09 Å². The summed E-state index contributed by atoms with van der Waals surface area (Å²) in [5.41, 5.74) is 4.01. The van der Waals surface area contributed by atoms with E-state index in [0.717, 1.165) is 11.3 Å². The molecule has 26 heavy (non-hydrogen) atoms. The van der Waals surface area contributed by atoms with E-state index in [1.54, 1.807) is 25.3 Å². The molecule has 0 spiro atoms. The predicted octanol–water partition coefficient (Wildman–Crippen LogP) is 3.48. The number of nitrogens with one attached hydrogen (secondary N) is 2. The first-order valence-corrected chi connectivity index (χ1v) is 7.90. The van der Waals surface area contributed by atoms with E-state index in [-0.39, 0.29) is 5.78 Å². The number of ketones is 1. The van der Waals surface area contributed by atoms with E-state index in [9.17, 15) is 9.59 Å². The van der Waals surface area contributed by atoms with Crippen LogP contribution in [-0.4, -0.2) is 36.3 Å². The van der Waals surface area contributed by atoms with Crippen molar-refractivity contribution in [1.29, 1.82) is 0 Å². The number of H-pyrrole nitrogens is 1. The molecule has 130 valence electrons. The number of rotatable bonds is 3. The number of carbonyl (C=O) groups is 2. The zero-order chi connectivity index (χ0) is 18.3. The van der Waals surface area contributed by atoms with Crippen molar-refractivity contribution in [3.05, 3.63) is 53.6 Å². The normalized spacial score (nSPS) is 11.7. The number of methoxy groups -OCH3 is 2. The Bertz CT molecular complexity index is 1020. The van der Waals surface area contributed by atoms with Crippen LogP contribution in [0, 0.1) is 0 Å². The maximum absolute atomic E-state index is 13.1. The minimum atomic E-state index is -0.632. The van der Waals surface area contributed by atoms with Gasteiger partial charge in [-0.05, 0) is 30.3 Å². The fraction of sp³-hybridized carbons (Fsp3) is 0.105. The molecule has 4 rings (SSSR count). The van der Waals surface area contributed by atoms with Gasteiger partial charge in [-0.25, -0.2) is 4.79 Å². The van der Waals surface area contributed by atoms with E-state index in [2.05, 4.69) is 20.3 Å². The van der Waals surface area contributed by atoms with Gasteiger partial charge in [-0.15, -0.1) is 0 Å². The molecule has 0 saturated carbocycles. The maximum atomic E-state index is 13.1. The van der Waals surface area contributed by atoms with Crippen LogP contribution in [0.15, 0.2) is 42.5 Å². The lowest BCUT2D eigenvalue weighted by atomic mass is 10.0. The molecule has 3 aromatic rings. The van der Waals surface area contributed by atoms with Crippen LogP contribution >= 0.6 is 0 Å². The van der Waals surface area contributed by atoms with Crippen LogP contribution in [0.4, 0.5) is 10.5 Å². The van der Waals surface area contributed by atoms with E-state index in [1.807, 2.05) is 24.3 Å². The number of amides is 1. The summed E-state index contributed by atoms with van der Waals surface area (Å²) in [5.74, 6) is 0.533. The van der Waals surface area contributed by atoms with E-state index in [1.165, 1.54) is 7.11 Å². The fourth-order valence-corrected chi connectivity index (χ4v) is 3.11. The summed E-state index contributed by atoms with van der Waals surface area (Å²) < 4.78 is 9.80. The molecule has 1 aliphatic carbocycles. The number of fused-ring (bicyclic) bond motifs is 3. The first kappa shape index (κ1) is 15.9. The Labute approximate surface area is 148 Å². The first-order chi connectivity index (χ1) is 12.6. The molecule has 0 atom stereocenters. The minimum absolute atomic E-state index is 0.193. The molecule has 2 aromatic carbocycles. The second-order valence-electron chi connectivity index (χ2n) is 5.72. The van der Waals surface area contributed by atoms with Crippen molar-refractivity contribution in [2.75, 3.05) is 19.5 Å². The number of ether oxygens (including phenoxy) is 2. The van der Waals surface area contributed by atoms with E-state index < -0.39 is 6.09 Å². The van der Waals surface area contributed by atoms with Gasteiger partial charge in [-0.2, -0.15) is 5.10 Å². The molecular formula is C19H15N3O4. The Hall–Kier alpha value is -3.61. The van der Waals surface area contributed by atoms with Crippen molar-refractivity contribution in [3.8, 4) is 28.3 Å². The smallest absolute Gasteiger partial charge is 0.411 e. The Kier molecular flexibility index (Phi) is 3.69. The summed E-state index contributed by atoms with van der Waals surface area (Å²) in [5, 5.41) is 9.86. The van der Waals surface area contributed by atoms with Crippen LogP contribution in [-0.2, 0) is 4.74 Å². The summed E-state index contributed by atoms with van der Waals surface area (Å²) in [4.78, 5) is 24.6. The van der Waals surface area contributed by atoms with Crippen molar-refractivity contribution in [2.24, 2.45) is 0 Å². The average molecular weight is 349 g/mol. The van der Waals surface area contributed by atoms with Gasteiger partial charge in [0.05, 0.1) is 36.7 Å². The van der Waals surface area contributed by atoms with Crippen LogP contribution in [0.5, 0.6) is 5.75 Å². The predicted molar refractivity (Wildman–Crippen MR) is 95.5 cm³/mol. The summed E-state index contributed by atoms with van der Waals surface area (Å²) >= 11 is 0. The Balaban J connectivity index is 1.80. The lowest BCUT2D eigenvalue weighted by Crippen LogP contribution is -2.13. The molecule has 1 aromatic heterocycles. The third kappa shape index (κ3) is 2.33.